The molecule has 3 nitrogen and oxygen atoms in total. The summed E-state index contributed by atoms with van der Waals surface area (Å²) in [7, 11) is 1.80. The molecule has 21 heavy (non-hydrogen) atoms. The number of nitrogens with zero attached hydrogens (tertiary/aromatic N) is 1. The topological polar surface area (TPSA) is 32.3 Å². The molecular weight excluding hydrogens is 443 g/mol. The van der Waals surface area contributed by atoms with Crippen LogP contribution >= 0.6 is 38.5 Å². The Morgan fingerprint density at radius 3 is 2.57 bits per heavy atom. The Balaban J connectivity index is 1.91. The van der Waals surface area contributed by atoms with Crippen molar-refractivity contribution in [1.29, 1.82) is 0 Å². The molecule has 1 atom stereocenters. The van der Waals surface area contributed by atoms with E-state index in [1.807, 2.05) is 6.07 Å². The zero-order valence-corrected chi connectivity index (χ0v) is 15.2. The van der Waals surface area contributed by atoms with E-state index in [0.29, 0.717) is 6.54 Å². The van der Waals surface area contributed by atoms with Gasteiger partial charge in [-0.1, -0.05) is 40.2 Å². The van der Waals surface area contributed by atoms with E-state index in [1.54, 1.807) is 11.9 Å². The number of halogens is 2. The van der Waals surface area contributed by atoms with Crippen LogP contribution in [0, 0.1) is 3.57 Å². The summed E-state index contributed by atoms with van der Waals surface area (Å²) in [4.78, 5) is 13.5. The summed E-state index contributed by atoms with van der Waals surface area (Å²) in [6, 6.07) is 14.6. The van der Waals surface area contributed by atoms with E-state index in [-0.39, 0.29) is 10.9 Å². The van der Waals surface area contributed by atoms with Crippen LogP contribution in [0.4, 0.5) is 10.5 Å². The largest absolute Gasteiger partial charge is 0.323 e. The van der Waals surface area contributed by atoms with Crippen molar-refractivity contribution in [2.75, 3.05) is 12.4 Å². The molecule has 1 N–H and O–H groups in total. The molecule has 2 aromatic carbocycles. The number of rotatable bonds is 2. The molecule has 0 fully saturated rings. The number of alkyl halides is 1. The second-order valence-electron chi connectivity index (χ2n) is 5.12. The zero-order valence-electron chi connectivity index (χ0n) is 11.4. The van der Waals surface area contributed by atoms with Crippen LogP contribution in [0.3, 0.4) is 0 Å². The van der Waals surface area contributed by atoms with Gasteiger partial charge < -0.3 is 10.2 Å². The van der Waals surface area contributed by atoms with Crippen LogP contribution < -0.4 is 5.32 Å². The van der Waals surface area contributed by atoms with Crippen molar-refractivity contribution in [1.82, 2.24) is 4.90 Å². The number of urea groups is 1. The van der Waals surface area contributed by atoms with E-state index in [0.717, 1.165) is 11.3 Å². The summed E-state index contributed by atoms with van der Waals surface area (Å²) in [5, 5.41) is 2.89. The monoisotopic (exact) mass is 456 g/mol. The van der Waals surface area contributed by atoms with Crippen molar-refractivity contribution < 1.29 is 4.79 Å². The molecule has 3 rings (SSSR count). The molecule has 0 spiro atoms. The maximum Gasteiger partial charge on any atom is 0.321 e. The highest BCUT2D eigenvalue weighted by atomic mass is 127. The van der Waals surface area contributed by atoms with Crippen LogP contribution in [0.25, 0.3) is 0 Å². The van der Waals surface area contributed by atoms with E-state index in [4.69, 9.17) is 0 Å². The van der Waals surface area contributed by atoms with Crippen molar-refractivity contribution in [2.45, 2.75) is 11.4 Å². The molecule has 0 saturated heterocycles. The number of benzene rings is 2. The molecule has 0 radical (unpaired) electrons. The van der Waals surface area contributed by atoms with Gasteiger partial charge in [0.15, 0.2) is 0 Å². The van der Waals surface area contributed by atoms with Crippen LogP contribution in [0.1, 0.15) is 21.5 Å². The van der Waals surface area contributed by atoms with Crippen LogP contribution in [-0.2, 0) is 6.54 Å². The second kappa shape index (κ2) is 5.96. The first-order valence-corrected chi connectivity index (χ1v) is 8.58. The third-order valence-electron chi connectivity index (χ3n) is 3.58. The van der Waals surface area contributed by atoms with Crippen LogP contribution in [0.2, 0.25) is 0 Å². The average molecular weight is 457 g/mol. The van der Waals surface area contributed by atoms with E-state index in [1.165, 1.54) is 14.7 Å². The first-order valence-electron chi connectivity index (χ1n) is 6.59. The van der Waals surface area contributed by atoms with Gasteiger partial charge in [-0.2, -0.15) is 0 Å². The molecule has 1 heterocycles. The number of carbonyl (C=O) groups is 1. The molecular formula is C16H14BrIN2O. The Labute approximate surface area is 146 Å². The minimum absolute atomic E-state index is 0.0525. The quantitative estimate of drug-likeness (QED) is 0.513. The van der Waals surface area contributed by atoms with Gasteiger partial charge in [0.2, 0.25) is 0 Å². The van der Waals surface area contributed by atoms with Crippen molar-refractivity contribution in [2.24, 2.45) is 0 Å². The Morgan fingerprint density at radius 2 is 1.86 bits per heavy atom. The summed E-state index contributed by atoms with van der Waals surface area (Å²) in [5.74, 6) is 0. The van der Waals surface area contributed by atoms with Gasteiger partial charge in [-0.3, -0.25) is 0 Å². The van der Waals surface area contributed by atoms with Gasteiger partial charge in [-0.15, -0.1) is 0 Å². The summed E-state index contributed by atoms with van der Waals surface area (Å²) >= 11 is 6.08. The fourth-order valence-corrected chi connectivity index (χ4v) is 3.34. The normalized spacial score (nSPS) is 15.4. The molecule has 1 aliphatic heterocycles. The molecule has 1 unspecified atom stereocenters. The third-order valence-corrected chi connectivity index (χ3v) is 5.36. The highest BCUT2D eigenvalue weighted by molar-refractivity contribution is 14.1. The van der Waals surface area contributed by atoms with Crippen LogP contribution in [0.5, 0.6) is 0 Å². The number of hydrogen-bond acceptors (Lipinski definition) is 1. The molecule has 2 amide bonds. The number of hydrogen-bond donors (Lipinski definition) is 1. The molecule has 5 heteroatoms. The van der Waals surface area contributed by atoms with Gasteiger partial charge in [0.25, 0.3) is 0 Å². The third kappa shape index (κ3) is 3.08. The number of nitrogens with one attached hydrogen (secondary N) is 1. The predicted molar refractivity (Wildman–Crippen MR) is 96.9 cm³/mol. The van der Waals surface area contributed by atoms with E-state index in [9.17, 15) is 4.79 Å². The van der Waals surface area contributed by atoms with E-state index in [2.05, 4.69) is 80.2 Å². The first kappa shape index (κ1) is 14.8. The molecule has 2 aromatic rings. The fraction of sp³-hybridized carbons (Fsp3) is 0.188. The van der Waals surface area contributed by atoms with Crippen LogP contribution in [-0.4, -0.2) is 18.0 Å². The van der Waals surface area contributed by atoms with Gasteiger partial charge in [-0.05, 0) is 57.5 Å². The SMILES string of the molecule is CN1Cc2cc(C(Br)c3ccc(I)cc3)ccc2NC1=O. The Kier molecular flexibility index (Phi) is 4.21. The number of amides is 2. The predicted octanol–water partition coefficient (Wildman–Crippen LogP) is 4.75. The highest BCUT2D eigenvalue weighted by Crippen LogP contribution is 2.34. The molecule has 0 saturated carbocycles. The van der Waals surface area contributed by atoms with Crippen molar-refractivity contribution in [3.05, 3.63) is 62.7 Å². The lowest BCUT2D eigenvalue weighted by atomic mass is 10.0. The summed E-state index contributed by atoms with van der Waals surface area (Å²) in [6.07, 6.45) is 0. The maximum absolute atomic E-state index is 11.6. The summed E-state index contributed by atoms with van der Waals surface area (Å²) in [5.41, 5.74) is 4.47. The lowest BCUT2D eigenvalue weighted by Crippen LogP contribution is -2.35. The molecule has 108 valence electrons. The van der Waals surface area contributed by atoms with Crippen LogP contribution in [0.15, 0.2) is 42.5 Å². The molecule has 0 aromatic heterocycles. The highest BCUT2D eigenvalue weighted by Gasteiger charge is 2.20. The van der Waals surface area contributed by atoms with E-state index >= 15 is 0 Å². The van der Waals surface area contributed by atoms with Gasteiger partial charge in [-0.25, -0.2) is 4.79 Å². The maximum atomic E-state index is 11.6. The minimum Gasteiger partial charge on any atom is -0.323 e. The Morgan fingerprint density at radius 1 is 1.19 bits per heavy atom. The van der Waals surface area contributed by atoms with Crippen molar-refractivity contribution in [3.8, 4) is 0 Å². The zero-order chi connectivity index (χ0) is 15.0. The van der Waals surface area contributed by atoms with Gasteiger partial charge in [0.05, 0.1) is 4.83 Å². The van der Waals surface area contributed by atoms with Crippen molar-refractivity contribution >= 4 is 50.2 Å². The first-order chi connectivity index (χ1) is 10.0. The number of anilines is 1. The second-order valence-corrected chi connectivity index (χ2v) is 7.28. The number of fused-ring (bicyclic) bond motifs is 1. The summed E-state index contributed by atoms with van der Waals surface area (Å²) in [6.45, 7) is 0.640. The Hall–Kier alpha value is -1.08. The molecule has 0 bridgehead atoms. The van der Waals surface area contributed by atoms with Crippen molar-refractivity contribution in [3.63, 3.8) is 0 Å². The lowest BCUT2D eigenvalue weighted by Gasteiger charge is -2.26. The fourth-order valence-electron chi connectivity index (χ4n) is 2.39. The van der Waals surface area contributed by atoms with Gasteiger partial charge in [0, 0.05) is 22.8 Å². The smallest absolute Gasteiger partial charge is 0.321 e. The van der Waals surface area contributed by atoms with Gasteiger partial charge in [0.1, 0.15) is 0 Å². The number of carbonyl (C=O) groups excluding carboxylic acids is 1. The minimum atomic E-state index is -0.0525. The van der Waals surface area contributed by atoms with Gasteiger partial charge >= 0.3 is 6.03 Å². The standard InChI is InChI=1S/C16H14BrIN2O/c1-20-9-12-8-11(4-7-14(12)19-16(20)21)15(17)10-2-5-13(18)6-3-10/h2-8,15H,9H2,1H3,(H,19,21). The molecule has 1 aliphatic rings. The average Bonchev–Trinajstić information content (AvgIpc) is 2.48. The summed E-state index contributed by atoms with van der Waals surface area (Å²) < 4.78 is 1.23. The molecule has 0 aliphatic carbocycles. The lowest BCUT2D eigenvalue weighted by molar-refractivity contribution is 0.218. The Bertz CT molecular complexity index is 687. The van der Waals surface area contributed by atoms with E-state index < -0.39 is 0 Å².